The zero-order chi connectivity index (χ0) is 12.3. The van der Waals surface area contributed by atoms with E-state index in [1.807, 2.05) is 33.8 Å². The highest BCUT2D eigenvalue weighted by atomic mass is 14.0. The first kappa shape index (κ1) is 16.4. The molecule has 0 heteroatoms. The van der Waals surface area contributed by atoms with Crippen LogP contribution in [0.15, 0.2) is 24.8 Å². The van der Waals surface area contributed by atoms with Gasteiger partial charge in [-0.2, -0.15) is 0 Å². The van der Waals surface area contributed by atoms with Crippen molar-refractivity contribution in [3.05, 3.63) is 41.5 Å². The summed E-state index contributed by atoms with van der Waals surface area (Å²) in [7, 11) is 0. The van der Waals surface area contributed by atoms with Gasteiger partial charge in [-0.25, -0.2) is 0 Å². The fourth-order valence-corrected chi connectivity index (χ4v) is 1.34. The molecule has 0 radical (unpaired) electrons. The molecule has 0 nitrogen and oxygen atoms in total. The fraction of sp³-hybridized carbons (Fsp3) is 0.467. The first-order chi connectivity index (χ1) is 7.29. The van der Waals surface area contributed by atoms with Crippen LogP contribution in [0.5, 0.6) is 0 Å². The highest BCUT2D eigenvalue weighted by Crippen LogP contribution is 2.15. The van der Waals surface area contributed by atoms with Crippen molar-refractivity contribution >= 4 is 6.08 Å². The van der Waals surface area contributed by atoms with Gasteiger partial charge < -0.3 is 0 Å². The average Bonchev–Trinajstić information content (AvgIpc) is 2.33. The molecular weight excluding hydrogens is 180 g/mol. The van der Waals surface area contributed by atoms with Gasteiger partial charge in [0.1, 0.15) is 0 Å². The summed E-state index contributed by atoms with van der Waals surface area (Å²) in [6, 6.07) is 6.38. The van der Waals surface area contributed by atoms with E-state index in [0.29, 0.717) is 0 Å². The van der Waals surface area contributed by atoms with Crippen LogP contribution in [0.1, 0.15) is 51.3 Å². The van der Waals surface area contributed by atoms with Gasteiger partial charge in [-0.3, -0.25) is 0 Å². The molecule has 1 aromatic carbocycles. The number of benzene rings is 1. The van der Waals surface area contributed by atoms with Crippen molar-refractivity contribution in [2.75, 3.05) is 0 Å². The van der Waals surface area contributed by atoms with Gasteiger partial charge in [0.05, 0.1) is 0 Å². The van der Waals surface area contributed by atoms with Crippen LogP contribution in [0.3, 0.4) is 0 Å². The Morgan fingerprint density at radius 3 is 2.00 bits per heavy atom. The first-order valence-electron chi connectivity index (χ1n) is 6.00. The van der Waals surface area contributed by atoms with Gasteiger partial charge in [-0.15, -0.1) is 0 Å². The highest BCUT2D eigenvalue weighted by molar-refractivity contribution is 5.56. The summed E-state index contributed by atoms with van der Waals surface area (Å²) in [4.78, 5) is 0. The Labute approximate surface area is 96.0 Å². The Balaban J connectivity index is 0. The Kier molecular flexibility index (Phi) is 12.1. The van der Waals surface area contributed by atoms with Crippen LogP contribution in [0.2, 0.25) is 0 Å². The lowest BCUT2D eigenvalue weighted by Gasteiger charge is -2.05. The zero-order valence-corrected chi connectivity index (χ0v) is 11.2. The maximum atomic E-state index is 3.80. The lowest BCUT2D eigenvalue weighted by molar-refractivity contribution is 1.12. The third kappa shape index (κ3) is 5.41. The van der Waals surface area contributed by atoms with Crippen LogP contribution in [0.25, 0.3) is 6.08 Å². The molecule has 0 bridgehead atoms. The zero-order valence-electron chi connectivity index (χ0n) is 11.2. The quantitative estimate of drug-likeness (QED) is 0.619. The van der Waals surface area contributed by atoms with E-state index in [-0.39, 0.29) is 0 Å². The van der Waals surface area contributed by atoms with Crippen molar-refractivity contribution < 1.29 is 0 Å². The molecule has 86 valence electrons. The molecule has 0 N–H and O–H groups in total. The summed E-state index contributed by atoms with van der Waals surface area (Å²) in [6.45, 7) is 16.1. The normalized spacial score (nSPS) is 7.87. The second-order valence-electron chi connectivity index (χ2n) is 2.71. The second-order valence-corrected chi connectivity index (χ2v) is 2.71. The number of rotatable bonds is 2. The van der Waals surface area contributed by atoms with Gasteiger partial charge in [0.2, 0.25) is 0 Å². The van der Waals surface area contributed by atoms with E-state index in [0.717, 1.165) is 6.42 Å². The standard InChI is InChI=1S/C11H14.2C2H6/c1-4-10-8-6-7-9(3)11(10)5-2;2*1-2/h5-8H,2,4H2,1,3H3;2*1-2H3. The molecular formula is C15H26. The molecule has 0 aliphatic carbocycles. The number of aryl methyl sites for hydroxylation is 2. The summed E-state index contributed by atoms with van der Waals surface area (Å²) in [5, 5.41) is 0. The lowest BCUT2D eigenvalue weighted by atomic mass is 10.0. The van der Waals surface area contributed by atoms with E-state index in [1.165, 1.54) is 16.7 Å². The summed E-state index contributed by atoms with van der Waals surface area (Å²) >= 11 is 0. The molecule has 1 aromatic rings. The molecule has 0 saturated carbocycles. The molecule has 0 aliphatic heterocycles. The molecule has 0 saturated heterocycles. The molecule has 0 aromatic heterocycles. The minimum atomic E-state index is 1.09. The maximum absolute atomic E-state index is 3.80. The molecule has 0 heterocycles. The largest absolute Gasteiger partial charge is 0.0985 e. The van der Waals surface area contributed by atoms with Crippen LogP contribution in [0, 0.1) is 6.92 Å². The topological polar surface area (TPSA) is 0 Å². The van der Waals surface area contributed by atoms with Crippen molar-refractivity contribution in [2.45, 2.75) is 48.0 Å². The van der Waals surface area contributed by atoms with E-state index in [4.69, 9.17) is 0 Å². The van der Waals surface area contributed by atoms with Gasteiger partial charge >= 0.3 is 0 Å². The number of hydrogen-bond donors (Lipinski definition) is 0. The average molecular weight is 206 g/mol. The Morgan fingerprint density at radius 2 is 1.67 bits per heavy atom. The van der Waals surface area contributed by atoms with Crippen molar-refractivity contribution in [3.63, 3.8) is 0 Å². The van der Waals surface area contributed by atoms with Crippen molar-refractivity contribution in [3.8, 4) is 0 Å². The van der Waals surface area contributed by atoms with Crippen LogP contribution < -0.4 is 0 Å². The van der Waals surface area contributed by atoms with Gasteiger partial charge in [0.15, 0.2) is 0 Å². The summed E-state index contributed by atoms with van der Waals surface area (Å²) in [5.41, 5.74) is 4.01. The SMILES string of the molecule is C=Cc1c(C)cccc1CC.CC.CC. The van der Waals surface area contributed by atoms with E-state index >= 15 is 0 Å². The molecule has 0 unspecified atom stereocenters. The predicted molar refractivity (Wildman–Crippen MR) is 73.3 cm³/mol. The van der Waals surface area contributed by atoms with Crippen LogP contribution in [-0.4, -0.2) is 0 Å². The maximum Gasteiger partial charge on any atom is -0.0201 e. The Bertz CT molecular complexity index is 259. The Hall–Kier alpha value is -1.04. The molecule has 0 aliphatic rings. The van der Waals surface area contributed by atoms with E-state index in [1.54, 1.807) is 0 Å². The molecule has 1 rings (SSSR count). The highest BCUT2D eigenvalue weighted by Gasteiger charge is 1.97. The van der Waals surface area contributed by atoms with Gasteiger partial charge in [0, 0.05) is 0 Å². The smallest absolute Gasteiger partial charge is 0.0201 e. The van der Waals surface area contributed by atoms with E-state index in [2.05, 4.69) is 38.6 Å². The van der Waals surface area contributed by atoms with Crippen LogP contribution >= 0.6 is 0 Å². The minimum Gasteiger partial charge on any atom is -0.0985 e. The van der Waals surface area contributed by atoms with Crippen molar-refractivity contribution in [1.82, 2.24) is 0 Å². The van der Waals surface area contributed by atoms with Crippen molar-refractivity contribution in [2.24, 2.45) is 0 Å². The van der Waals surface area contributed by atoms with Crippen molar-refractivity contribution in [1.29, 1.82) is 0 Å². The summed E-state index contributed by atoms with van der Waals surface area (Å²) in [6.07, 6.45) is 3.02. The molecule has 0 amide bonds. The second kappa shape index (κ2) is 11.0. The fourth-order valence-electron chi connectivity index (χ4n) is 1.34. The molecule has 0 fully saturated rings. The Morgan fingerprint density at radius 1 is 1.13 bits per heavy atom. The van der Waals surface area contributed by atoms with Crippen LogP contribution in [0.4, 0.5) is 0 Å². The van der Waals surface area contributed by atoms with E-state index in [9.17, 15) is 0 Å². The third-order valence-corrected chi connectivity index (χ3v) is 2.00. The van der Waals surface area contributed by atoms with Gasteiger partial charge in [0.25, 0.3) is 0 Å². The monoisotopic (exact) mass is 206 g/mol. The minimum absolute atomic E-state index is 1.09. The third-order valence-electron chi connectivity index (χ3n) is 2.00. The molecule has 0 atom stereocenters. The van der Waals surface area contributed by atoms with Crippen LogP contribution in [-0.2, 0) is 6.42 Å². The lowest BCUT2D eigenvalue weighted by Crippen LogP contribution is -1.88. The summed E-state index contributed by atoms with van der Waals surface area (Å²) in [5.74, 6) is 0. The molecule has 15 heavy (non-hydrogen) atoms. The van der Waals surface area contributed by atoms with Gasteiger partial charge in [-0.1, -0.05) is 65.5 Å². The van der Waals surface area contributed by atoms with Gasteiger partial charge in [-0.05, 0) is 30.0 Å². The summed E-state index contributed by atoms with van der Waals surface area (Å²) < 4.78 is 0. The number of hydrogen-bond acceptors (Lipinski definition) is 0. The molecule has 0 spiro atoms. The first-order valence-corrected chi connectivity index (χ1v) is 6.00. The predicted octanol–water partition coefficient (Wildman–Crippen LogP) is 5.25. The van der Waals surface area contributed by atoms with E-state index < -0.39 is 0 Å².